The van der Waals surface area contributed by atoms with Crippen molar-refractivity contribution in [3.8, 4) is 0 Å². The molecule has 0 rings (SSSR count). The maximum Gasteiger partial charge on any atom is 0.306 e. The highest BCUT2D eigenvalue weighted by atomic mass is 16.4. The fraction of sp³-hybridized carbons (Fsp3) is 0.857. The van der Waals surface area contributed by atoms with Gasteiger partial charge in [-0.05, 0) is 44.9 Å². The Labute approximate surface area is 198 Å². The number of allylic oxidation sites excluding steroid dienone is 2. The van der Waals surface area contributed by atoms with E-state index in [0.29, 0.717) is 0 Å². The molecule has 0 aromatic heterocycles. The molecule has 0 aromatic rings. The van der Waals surface area contributed by atoms with Crippen LogP contribution in [0.1, 0.15) is 148 Å². The molecule has 0 amide bonds. The van der Waals surface area contributed by atoms with Crippen molar-refractivity contribution in [2.24, 2.45) is 5.92 Å². The van der Waals surface area contributed by atoms with Gasteiger partial charge in [0.05, 0.1) is 5.92 Å². The molecular weight excluding hydrogens is 400 g/mol. The first-order valence-corrected chi connectivity index (χ1v) is 13.7. The molecule has 0 spiro atoms. The smallest absolute Gasteiger partial charge is 0.306 e. The zero-order valence-electron chi connectivity index (χ0n) is 21.0. The molecule has 4 nitrogen and oxygen atoms in total. The van der Waals surface area contributed by atoms with Crippen LogP contribution in [0.2, 0.25) is 0 Å². The summed E-state index contributed by atoms with van der Waals surface area (Å²) >= 11 is 0. The van der Waals surface area contributed by atoms with Crippen LogP contribution in [-0.2, 0) is 9.59 Å². The second-order valence-corrected chi connectivity index (χ2v) is 9.46. The Balaban J connectivity index is 3.47. The van der Waals surface area contributed by atoms with Crippen LogP contribution in [0.3, 0.4) is 0 Å². The molecular formula is C28H52O4. The zero-order chi connectivity index (χ0) is 23.7. The molecule has 0 aliphatic heterocycles. The largest absolute Gasteiger partial charge is 0.481 e. The van der Waals surface area contributed by atoms with Crippen LogP contribution in [0.4, 0.5) is 0 Å². The Bertz CT molecular complexity index is 458. The number of aliphatic carboxylic acids is 2. The van der Waals surface area contributed by atoms with Gasteiger partial charge in [-0.3, -0.25) is 9.59 Å². The minimum absolute atomic E-state index is 0.203. The second kappa shape index (κ2) is 24.3. The quantitative estimate of drug-likeness (QED) is 0.107. The van der Waals surface area contributed by atoms with E-state index in [-0.39, 0.29) is 12.3 Å². The van der Waals surface area contributed by atoms with Crippen molar-refractivity contribution >= 4 is 11.9 Å². The van der Waals surface area contributed by atoms with Crippen molar-refractivity contribution in [1.82, 2.24) is 0 Å². The average molecular weight is 453 g/mol. The van der Waals surface area contributed by atoms with Crippen LogP contribution in [0.15, 0.2) is 12.2 Å². The highest BCUT2D eigenvalue weighted by Gasteiger charge is 2.16. The van der Waals surface area contributed by atoms with E-state index in [0.717, 1.165) is 57.8 Å². The van der Waals surface area contributed by atoms with E-state index in [9.17, 15) is 14.7 Å². The van der Waals surface area contributed by atoms with Gasteiger partial charge >= 0.3 is 11.9 Å². The predicted octanol–water partition coefficient (Wildman–Crippen LogP) is 8.93. The van der Waals surface area contributed by atoms with Crippen LogP contribution < -0.4 is 0 Å². The summed E-state index contributed by atoms with van der Waals surface area (Å²) in [5, 5.41) is 18.0. The molecule has 0 aromatic carbocycles. The summed E-state index contributed by atoms with van der Waals surface area (Å²) < 4.78 is 0. The predicted molar refractivity (Wildman–Crippen MR) is 135 cm³/mol. The summed E-state index contributed by atoms with van der Waals surface area (Å²) in [7, 11) is 0. The Morgan fingerprint density at radius 3 is 1.44 bits per heavy atom. The summed E-state index contributed by atoms with van der Waals surface area (Å²) in [6.07, 6.45) is 29.0. The number of rotatable bonds is 25. The molecule has 0 heterocycles. The van der Waals surface area contributed by atoms with Crippen molar-refractivity contribution in [3.63, 3.8) is 0 Å². The van der Waals surface area contributed by atoms with Gasteiger partial charge in [-0.1, -0.05) is 109 Å². The topological polar surface area (TPSA) is 74.6 Å². The van der Waals surface area contributed by atoms with Gasteiger partial charge in [0.1, 0.15) is 0 Å². The molecule has 0 bridgehead atoms. The minimum Gasteiger partial charge on any atom is -0.481 e. The van der Waals surface area contributed by atoms with E-state index in [2.05, 4.69) is 19.1 Å². The van der Waals surface area contributed by atoms with Gasteiger partial charge in [-0.15, -0.1) is 0 Å². The Morgan fingerprint density at radius 1 is 0.594 bits per heavy atom. The maximum absolute atomic E-state index is 11.5. The Morgan fingerprint density at radius 2 is 1.00 bits per heavy atom. The summed E-state index contributed by atoms with van der Waals surface area (Å²) in [6.45, 7) is 2.26. The number of hydrogen-bond donors (Lipinski definition) is 2. The van der Waals surface area contributed by atoms with E-state index < -0.39 is 11.9 Å². The lowest BCUT2D eigenvalue weighted by Gasteiger charge is -2.12. The summed E-state index contributed by atoms with van der Waals surface area (Å²) in [5.74, 6) is -1.58. The number of carboxylic acids is 2. The van der Waals surface area contributed by atoms with Crippen molar-refractivity contribution < 1.29 is 19.8 Å². The lowest BCUT2D eigenvalue weighted by Crippen LogP contribution is -2.13. The average Bonchev–Trinajstić information content (AvgIpc) is 2.76. The fourth-order valence-corrected chi connectivity index (χ4v) is 4.23. The maximum atomic E-state index is 11.5. The van der Waals surface area contributed by atoms with E-state index >= 15 is 0 Å². The first kappa shape index (κ1) is 30.7. The molecule has 0 fully saturated rings. The molecule has 2 N–H and O–H groups in total. The van der Waals surface area contributed by atoms with E-state index in [4.69, 9.17) is 5.11 Å². The van der Waals surface area contributed by atoms with E-state index in [1.54, 1.807) is 0 Å². The van der Waals surface area contributed by atoms with E-state index in [1.165, 1.54) is 77.0 Å². The highest BCUT2D eigenvalue weighted by Crippen LogP contribution is 2.19. The molecule has 188 valence electrons. The van der Waals surface area contributed by atoms with Gasteiger partial charge in [0, 0.05) is 6.42 Å². The minimum atomic E-state index is -0.730. The first-order chi connectivity index (χ1) is 15.6. The van der Waals surface area contributed by atoms with Gasteiger partial charge < -0.3 is 10.2 Å². The van der Waals surface area contributed by atoms with Crippen molar-refractivity contribution in [1.29, 1.82) is 0 Å². The van der Waals surface area contributed by atoms with Gasteiger partial charge in [-0.25, -0.2) is 0 Å². The first-order valence-electron chi connectivity index (χ1n) is 13.7. The number of carbonyl (C=O) groups is 2. The molecule has 0 aliphatic carbocycles. The number of hydrogen-bond acceptors (Lipinski definition) is 2. The summed E-state index contributed by atoms with van der Waals surface area (Å²) in [4.78, 5) is 21.9. The third-order valence-corrected chi connectivity index (χ3v) is 6.36. The third-order valence-electron chi connectivity index (χ3n) is 6.36. The Kier molecular flexibility index (Phi) is 23.3. The monoisotopic (exact) mass is 452 g/mol. The second-order valence-electron chi connectivity index (χ2n) is 9.46. The molecule has 0 radical (unpaired) electrons. The van der Waals surface area contributed by atoms with Crippen molar-refractivity contribution in [2.75, 3.05) is 0 Å². The molecule has 0 saturated carbocycles. The third kappa shape index (κ3) is 23.3. The molecule has 0 saturated heterocycles. The molecule has 0 aliphatic rings. The lowest BCUT2D eigenvalue weighted by molar-refractivity contribution is -0.142. The number of unbranched alkanes of at least 4 members (excludes halogenated alkanes) is 16. The van der Waals surface area contributed by atoms with Crippen LogP contribution in [-0.4, -0.2) is 22.2 Å². The molecule has 1 unspecified atom stereocenters. The Hall–Kier alpha value is -1.32. The normalized spacial score (nSPS) is 12.4. The van der Waals surface area contributed by atoms with Gasteiger partial charge in [0.2, 0.25) is 0 Å². The van der Waals surface area contributed by atoms with Gasteiger partial charge in [0.15, 0.2) is 0 Å². The fourth-order valence-electron chi connectivity index (χ4n) is 4.23. The standard InChI is InChI=1S/C28H52O4/c1-2-3-4-5-6-7-8-9-10-11-12-13-14-15-17-20-23-26(28(31)32)24-21-18-16-19-22-25-27(29)30/h9-10,26H,2-8,11-25H2,1H3,(H,29,30)(H,31,32)/b10-9-. The van der Waals surface area contributed by atoms with Crippen molar-refractivity contribution in [3.05, 3.63) is 12.2 Å². The van der Waals surface area contributed by atoms with E-state index in [1.807, 2.05) is 0 Å². The van der Waals surface area contributed by atoms with Crippen LogP contribution in [0.25, 0.3) is 0 Å². The molecule has 4 heteroatoms. The van der Waals surface area contributed by atoms with Crippen LogP contribution >= 0.6 is 0 Å². The molecule has 1 atom stereocenters. The number of carboxylic acid groups (broad SMARTS) is 2. The summed E-state index contributed by atoms with van der Waals surface area (Å²) in [5.41, 5.74) is 0. The molecule has 32 heavy (non-hydrogen) atoms. The summed E-state index contributed by atoms with van der Waals surface area (Å²) in [6, 6.07) is 0. The highest BCUT2D eigenvalue weighted by molar-refractivity contribution is 5.69. The van der Waals surface area contributed by atoms with Crippen LogP contribution in [0, 0.1) is 5.92 Å². The van der Waals surface area contributed by atoms with Crippen LogP contribution in [0.5, 0.6) is 0 Å². The van der Waals surface area contributed by atoms with Gasteiger partial charge in [-0.2, -0.15) is 0 Å². The SMILES string of the molecule is CCCCCCCC/C=C\CCCCCCCCC(CCCCCCCC(=O)O)C(=O)O. The zero-order valence-corrected chi connectivity index (χ0v) is 21.0. The van der Waals surface area contributed by atoms with Crippen molar-refractivity contribution in [2.45, 2.75) is 148 Å². The van der Waals surface area contributed by atoms with Gasteiger partial charge in [0.25, 0.3) is 0 Å². The lowest BCUT2D eigenvalue weighted by atomic mass is 9.94.